The molecule has 1 N–H and O–H groups in total. The Kier molecular flexibility index (Phi) is 2.36. The van der Waals surface area contributed by atoms with Crippen molar-refractivity contribution in [2.75, 3.05) is 0 Å². The summed E-state index contributed by atoms with van der Waals surface area (Å²) in [7, 11) is 0. The van der Waals surface area contributed by atoms with Crippen molar-refractivity contribution in [2.24, 2.45) is 5.92 Å². The summed E-state index contributed by atoms with van der Waals surface area (Å²) in [5, 5.41) is 10.4. The molecule has 0 amide bonds. The molecule has 0 bridgehead atoms. The Labute approximate surface area is 85.8 Å². The Bertz CT molecular complexity index is 307. The second kappa shape index (κ2) is 3.39. The molecule has 1 atom stereocenters. The van der Waals surface area contributed by atoms with E-state index in [0.717, 1.165) is 5.56 Å². The number of rotatable bonds is 2. The number of hydrogen-bond donors (Lipinski definition) is 1. The monoisotopic (exact) mass is 190 g/mol. The van der Waals surface area contributed by atoms with Gasteiger partial charge in [0.15, 0.2) is 0 Å². The maximum atomic E-state index is 10.4. The summed E-state index contributed by atoms with van der Waals surface area (Å²) in [6.07, 6.45) is 3.61. The highest BCUT2D eigenvalue weighted by atomic mass is 16.3. The number of aryl methyl sites for hydroxylation is 1. The minimum absolute atomic E-state index is 0.463. The lowest BCUT2D eigenvalue weighted by atomic mass is 9.71. The normalized spacial score (nSPS) is 21.4. The highest BCUT2D eigenvalue weighted by molar-refractivity contribution is 5.27. The van der Waals surface area contributed by atoms with Gasteiger partial charge in [-0.1, -0.05) is 36.2 Å². The second-order valence-electron chi connectivity index (χ2n) is 4.64. The van der Waals surface area contributed by atoms with Crippen LogP contribution in [0.1, 0.15) is 37.3 Å². The lowest BCUT2D eigenvalue weighted by Crippen LogP contribution is -2.36. The lowest BCUT2D eigenvalue weighted by Gasteiger charge is -2.39. The number of aliphatic hydroxyl groups is 1. The maximum absolute atomic E-state index is 10.4. The summed E-state index contributed by atoms with van der Waals surface area (Å²) in [4.78, 5) is 0. The molecule has 0 radical (unpaired) electrons. The minimum Gasteiger partial charge on any atom is -0.385 e. The van der Waals surface area contributed by atoms with Crippen LogP contribution in [0.5, 0.6) is 0 Å². The van der Waals surface area contributed by atoms with E-state index in [-0.39, 0.29) is 0 Å². The fourth-order valence-corrected chi connectivity index (χ4v) is 2.10. The molecule has 1 fully saturated rings. The molecule has 1 heteroatoms. The Hall–Kier alpha value is -0.820. The van der Waals surface area contributed by atoms with Crippen molar-refractivity contribution >= 4 is 0 Å². The van der Waals surface area contributed by atoms with Crippen LogP contribution < -0.4 is 0 Å². The third-order valence-corrected chi connectivity index (χ3v) is 3.54. The molecule has 76 valence electrons. The molecule has 14 heavy (non-hydrogen) atoms. The highest BCUT2D eigenvalue weighted by Gasteiger charge is 2.37. The van der Waals surface area contributed by atoms with Crippen LogP contribution >= 0.6 is 0 Å². The Morgan fingerprint density at radius 1 is 1.21 bits per heavy atom. The van der Waals surface area contributed by atoms with Crippen molar-refractivity contribution in [3.63, 3.8) is 0 Å². The van der Waals surface area contributed by atoms with Gasteiger partial charge in [0.2, 0.25) is 0 Å². The standard InChI is InChI=1S/C13H18O/c1-10-6-8-12(9-7-10)13(2,14)11-4-3-5-11/h6-9,11,14H,3-5H2,1-2H3. The van der Waals surface area contributed by atoms with Crippen LogP contribution in [0.2, 0.25) is 0 Å². The zero-order chi connectivity index (χ0) is 10.2. The van der Waals surface area contributed by atoms with Crippen molar-refractivity contribution in [3.05, 3.63) is 35.4 Å². The Morgan fingerprint density at radius 3 is 2.21 bits per heavy atom. The second-order valence-corrected chi connectivity index (χ2v) is 4.64. The van der Waals surface area contributed by atoms with Crippen LogP contribution in [0.25, 0.3) is 0 Å². The van der Waals surface area contributed by atoms with Crippen molar-refractivity contribution in [3.8, 4) is 0 Å². The fourth-order valence-electron chi connectivity index (χ4n) is 2.10. The zero-order valence-electron chi connectivity index (χ0n) is 8.96. The Morgan fingerprint density at radius 2 is 1.79 bits per heavy atom. The molecule has 1 aromatic carbocycles. The zero-order valence-corrected chi connectivity index (χ0v) is 8.96. The predicted molar refractivity (Wildman–Crippen MR) is 58.1 cm³/mol. The molecule has 1 aliphatic rings. The van der Waals surface area contributed by atoms with E-state index in [2.05, 4.69) is 19.1 Å². The van der Waals surface area contributed by atoms with Gasteiger partial charge in [-0.15, -0.1) is 0 Å². The highest BCUT2D eigenvalue weighted by Crippen LogP contribution is 2.41. The predicted octanol–water partition coefficient (Wildman–Crippen LogP) is 3.00. The van der Waals surface area contributed by atoms with Gasteiger partial charge in [-0.2, -0.15) is 0 Å². The van der Waals surface area contributed by atoms with Gasteiger partial charge in [-0.3, -0.25) is 0 Å². The van der Waals surface area contributed by atoms with Crippen LogP contribution in [0, 0.1) is 12.8 Å². The van der Waals surface area contributed by atoms with Crippen LogP contribution in [-0.4, -0.2) is 5.11 Å². The third-order valence-electron chi connectivity index (χ3n) is 3.54. The first-order valence-corrected chi connectivity index (χ1v) is 5.40. The van der Waals surface area contributed by atoms with Gasteiger partial charge in [0.1, 0.15) is 0 Å². The first-order valence-electron chi connectivity index (χ1n) is 5.40. The number of hydrogen-bond acceptors (Lipinski definition) is 1. The molecule has 1 nitrogen and oxygen atoms in total. The largest absolute Gasteiger partial charge is 0.385 e. The molecule has 1 aromatic rings. The molecule has 1 saturated carbocycles. The molecule has 0 heterocycles. The first kappa shape index (κ1) is 9.72. The lowest BCUT2D eigenvalue weighted by molar-refractivity contribution is -0.0399. The average molecular weight is 190 g/mol. The van der Waals surface area contributed by atoms with Gasteiger partial charge < -0.3 is 5.11 Å². The summed E-state index contributed by atoms with van der Waals surface area (Å²) in [5.41, 5.74) is 1.69. The van der Waals surface area contributed by atoms with Crippen LogP contribution in [0.15, 0.2) is 24.3 Å². The van der Waals surface area contributed by atoms with E-state index >= 15 is 0 Å². The molecule has 1 aliphatic carbocycles. The Balaban J connectivity index is 2.23. The smallest absolute Gasteiger partial charge is 0.0896 e. The molecular formula is C13H18O. The van der Waals surface area contributed by atoms with E-state index in [9.17, 15) is 5.11 Å². The summed E-state index contributed by atoms with van der Waals surface area (Å²) in [5.74, 6) is 0.463. The maximum Gasteiger partial charge on any atom is 0.0896 e. The topological polar surface area (TPSA) is 20.2 Å². The van der Waals surface area contributed by atoms with E-state index in [1.807, 2.05) is 19.1 Å². The van der Waals surface area contributed by atoms with E-state index in [0.29, 0.717) is 5.92 Å². The van der Waals surface area contributed by atoms with E-state index < -0.39 is 5.60 Å². The molecule has 0 saturated heterocycles. The first-order chi connectivity index (χ1) is 6.60. The molecular weight excluding hydrogens is 172 g/mol. The average Bonchev–Trinajstić information content (AvgIpc) is 2.00. The van der Waals surface area contributed by atoms with Gasteiger partial charge in [-0.25, -0.2) is 0 Å². The van der Waals surface area contributed by atoms with E-state index in [1.54, 1.807) is 0 Å². The van der Waals surface area contributed by atoms with Crippen molar-refractivity contribution in [2.45, 2.75) is 38.7 Å². The minimum atomic E-state index is -0.619. The van der Waals surface area contributed by atoms with Crippen LogP contribution in [0.3, 0.4) is 0 Å². The van der Waals surface area contributed by atoms with Gasteiger partial charge in [0, 0.05) is 0 Å². The molecule has 1 unspecified atom stereocenters. The van der Waals surface area contributed by atoms with Crippen LogP contribution in [0.4, 0.5) is 0 Å². The van der Waals surface area contributed by atoms with E-state index in [4.69, 9.17) is 0 Å². The summed E-state index contributed by atoms with van der Waals surface area (Å²) >= 11 is 0. The molecule has 0 spiro atoms. The van der Waals surface area contributed by atoms with E-state index in [1.165, 1.54) is 24.8 Å². The van der Waals surface area contributed by atoms with Gasteiger partial charge in [0.05, 0.1) is 5.60 Å². The van der Waals surface area contributed by atoms with Gasteiger partial charge in [-0.05, 0) is 38.2 Å². The summed E-state index contributed by atoms with van der Waals surface area (Å²) < 4.78 is 0. The quantitative estimate of drug-likeness (QED) is 0.760. The molecule has 2 rings (SSSR count). The van der Waals surface area contributed by atoms with Crippen LogP contribution in [-0.2, 0) is 5.60 Å². The molecule has 0 aromatic heterocycles. The third kappa shape index (κ3) is 1.57. The fraction of sp³-hybridized carbons (Fsp3) is 0.538. The summed E-state index contributed by atoms with van der Waals surface area (Å²) in [6.45, 7) is 4.02. The molecule has 0 aliphatic heterocycles. The SMILES string of the molecule is Cc1ccc(C(C)(O)C2CCC2)cc1. The summed E-state index contributed by atoms with van der Waals surface area (Å²) in [6, 6.07) is 8.24. The number of benzene rings is 1. The van der Waals surface area contributed by atoms with Crippen molar-refractivity contribution in [1.29, 1.82) is 0 Å². The van der Waals surface area contributed by atoms with Gasteiger partial charge in [0.25, 0.3) is 0 Å². The van der Waals surface area contributed by atoms with Crippen molar-refractivity contribution < 1.29 is 5.11 Å². The van der Waals surface area contributed by atoms with Gasteiger partial charge >= 0.3 is 0 Å². The van der Waals surface area contributed by atoms with Crippen molar-refractivity contribution in [1.82, 2.24) is 0 Å².